The van der Waals surface area contributed by atoms with Gasteiger partial charge < -0.3 is 24.8 Å². The molecule has 2 aromatic rings. The highest BCUT2D eigenvalue weighted by Crippen LogP contribution is 2.45. The molecule has 1 aliphatic rings. The predicted octanol–water partition coefficient (Wildman–Crippen LogP) is -0.0626. The summed E-state index contributed by atoms with van der Waals surface area (Å²) >= 11 is 0. The summed E-state index contributed by atoms with van der Waals surface area (Å²) in [6.45, 7) is 0. The Balaban J connectivity index is 2.08. The van der Waals surface area contributed by atoms with Gasteiger partial charge in [-0.05, 0) is 18.2 Å². The first-order valence-corrected chi connectivity index (χ1v) is 9.14. The van der Waals surface area contributed by atoms with Crippen LogP contribution in [0, 0.1) is 0 Å². The zero-order chi connectivity index (χ0) is 19.9. The van der Waals surface area contributed by atoms with E-state index in [0.717, 1.165) is 12.3 Å². The summed E-state index contributed by atoms with van der Waals surface area (Å²) in [6.07, 6.45) is -2.95. The molecule has 1 aromatic carbocycles. The minimum Gasteiger partial charge on any atom is -0.459 e. The molecule has 0 bridgehead atoms. The second-order valence-electron chi connectivity index (χ2n) is 5.94. The van der Waals surface area contributed by atoms with E-state index in [2.05, 4.69) is 4.98 Å². The van der Waals surface area contributed by atoms with Gasteiger partial charge in [0.05, 0.1) is 0 Å². The van der Waals surface area contributed by atoms with E-state index in [9.17, 15) is 32.7 Å². The van der Waals surface area contributed by atoms with E-state index in [4.69, 9.17) is 9.47 Å². The van der Waals surface area contributed by atoms with E-state index in [-0.39, 0.29) is 5.75 Å². The molecule has 1 aliphatic heterocycles. The molecule has 2 heterocycles. The lowest BCUT2D eigenvalue weighted by Crippen LogP contribution is -2.71. The third kappa shape index (κ3) is 3.40. The average Bonchev–Trinajstić information content (AvgIpc) is 2.63. The van der Waals surface area contributed by atoms with Crippen molar-refractivity contribution in [2.75, 3.05) is 0 Å². The maximum atomic E-state index is 15.0. The fourth-order valence-electron chi connectivity index (χ4n) is 2.80. The molecule has 0 radical (unpaired) electrons. The molecule has 1 unspecified atom stereocenters. The number of benzene rings is 1. The number of aromatic nitrogens is 1. The smallest absolute Gasteiger partial charge is 0.299 e. The van der Waals surface area contributed by atoms with E-state index in [1.165, 1.54) is 36.5 Å². The summed E-state index contributed by atoms with van der Waals surface area (Å²) in [5.74, 6) is -3.77. The Hall–Kier alpha value is -2.15. The van der Waals surface area contributed by atoms with E-state index in [0.29, 0.717) is 0 Å². The molecule has 1 fully saturated rings. The summed E-state index contributed by atoms with van der Waals surface area (Å²) in [5, 5.41) is 31.3. The van der Waals surface area contributed by atoms with Crippen molar-refractivity contribution in [3.05, 3.63) is 60.4 Å². The molecule has 1 saturated heterocycles. The van der Waals surface area contributed by atoms with E-state index in [1.807, 2.05) is 0 Å². The minimum absolute atomic E-state index is 0.0216. The Morgan fingerprint density at radius 1 is 1.15 bits per heavy atom. The first-order valence-electron chi connectivity index (χ1n) is 7.63. The monoisotopic (exact) mass is 401 g/mol. The van der Waals surface area contributed by atoms with Crippen molar-refractivity contribution in [3.63, 3.8) is 0 Å². The number of nitrogens with zero attached hydrogens (tertiary/aromatic N) is 1. The lowest BCUT2D eigenvalue weighted by Gasteiger charge is -2.48. The number of aliphatic hydroxyl groups excluding tert-OH is 1. The largest absolute Gasteiger partial charge is 0.459 e. The highest BCUT2D eigenvalue weighted by atomic mass is 32.2. The second kappa shape index (κ2) is 6.78. The van der Waals surface area contributed by atoms with Gasteiger partial charge in [-0.15, -0.1) is 0 Å². The number of rotatable bonds is 4. The van der Waals surface area contributed by atoms with Crippen molar-refractivity contribution >= 4 is 10.1 Å². The molecule has 3 rings (SSSR count). The summed E-state index contributed by atoms with van der Waals surface area (Å²) in [6, 6.07) is 9.74. The van der Waals surface area contributed by atoms with Gasteiger partial charge in [-0.3, -0.25) is 9.54 Å². The van der Waals surface area contributed by atoms with Gasteiger partial charge in [0.1, 0.15) is 5.75 Å². The predicted molar refractivity (Wildman–Crippen MR) is 87.5 cm³/mol. The van der Waals surface area contributed by atoms with Crippen molar-refractivity contribution in [1.82, 2.24) is 4.98 Å². The van der Waals surface area contributed by atoms with Crippen LogP contribution in [-0.2, 0) is 20.5 Å². The number of aliphatic hydroxyl groups is 3. The lowest BCUT2D eigenvalue weighted by atomic mass is 9.83. The van der Waals surface area contributed by atoms with Gasteiger partial charge in [0.25, 0.3) is 22.3 Å². The molecule has 0 spiro atoms. The van der Waals surface area contributed by atoms with Crippen molar-refractivity contribution in [3.8, 4) is 5.75 Å². The normalized spacial score (nSPS) is 34.2. The number of hydrogen-bond donors (Lipinski definition) is 4. The van der Waals surface area contributed by atoms with Gasteiger partial charge in [0, 0.05) is 18.0 Å². The van der Waals surface area contributed by atoms with Gasteiger partial charge in [0.2, 0.25) is 5.44 Å². The van der Waals surface area contributed by atoms with Crippen LogP contribution in [0.2, 0.25) is 0 Å². The summed E-state index contributed by atoms with van der Waals surface area (Å²) in [4.78, 5) is 3.65. The number of alkyl halides is 1. The van der Waals surface area contributed by atoms with Gasteiger partial charge in [-0.1, -0.05) is 24.3 Å². The second-order valence-corrected chi connectivity index (χ2v) is 7.40. The average molecular weight is 401 g/mol. The van der Waals surface area contributed by atoms with Crippen LogP contribution in [0.3, 0.4) is 0 Å². The van der Waals surface area contributed by atoms with E-state index < -0.39 is 45.0 Å². The van der Waals surface area contributed by atoms with Crippen molar-refractivity contribution in [2.45, 2.75) is 29.3 Å². The van der Waals surface area contributed by atoms with Crippen LogP contribution < -0.4 is 4.74 Å². The lowest BCUT2D eigenvalue weighted by molar-refractivity contribution is -0.376. The van der Waals surface area contributed by atoms with Crippen LogP contribution >= 0.6 is 0 Å². The highest BCUT2D eigenvalue weighted by Gasteiger charge is 2.68. The molecule has 0 aliphatic carbocycles. The quantitative estimate of drug-likeness (QED) is 0.517. The molecule has 27 heavy (non-hydrogen) atoms. The van der Waals surface area contributed by atoms with Gasteiger partial charge >= 0.3 is 0 Å². The fraction of sp³-hybridized carbons (Fsp3) is 0.312. The minimum atomic E-state index is -5.21. The molecular weight excluding hydrogens is 385 g/mol. The van der Waals surface area contributed by atoms with E-state index >= 15 is 0 Å². The highest BCUT2D eigenvalue weighted by molar-refractivity contribution is 7.86. The summed E-state index contributed by atoms with van der Waals surface area (Å²) < 4.78 is 58.1. The Morgan fingerprint density at radius 3 is 2.37 bits per heavy atom. The molecule has 9 nitrogen and oxygen atoms in total. The Morgan fingerprint density at radius 2 is 1.81 bits per heavy atom. The molecule has 4 N–H and O–H groups in total. The number of halogens is 1. The topological polar surface area (TPSA) is 146 Å². The first-order chi connectivity index (χ1) is 12.6. The van der Waals surface area contributed by atoms with Crippen LogP contribution in [0.1, 0.15) is 5.56 Å². The number of para-hydroxylation sites is 1. The third-order valence-electron chi connectivity index (χ3n) is 4.12. The zero-order valence-corrected chi connectivity index (χ0v) is 14.4. The number of hydrogen-bond acceptors (Lipinski definition) is 8. The molecule has 11 heteroatoms. The number of ether oxygens (including phenoxy) is 2. The summed E-state index contributed by atoms with van der Waals surface area (Å²) in [5.41, 5.74) is -6.06. The zero-order valence-electron chi connectivity index (χ0n) is 13.6. The Bertz CT molecular complexity index is 895. The molecule has 5 atom stereocenters. The van der Waals surface area contributed by atoms with E-state index in [1.54, 1.807) is 6.07 Å². The maximum Gasteiger partial charge on any atom is 0.299 e. The van der Waals surface area contributed by atoms with Gasteiger partial charge in [-0.2, -0.15) is 8.42 Å². The molecule has 0 saturated carbocycles. The van der Waals surface area contributed by atoms with Crippen LogP contribution in [0.25, 0.3) is 0 Å². The third-order valence-corrected chi connectivity index (χ3v) is 5.13. The summed E-state index contributed by atoms with van der Waals surface area (Å²) in [7, 11) is -5.21. The van der Waals surface area contributed by atoms with Crippen LogP contribution in [0.4, 0.5) is 4.39 Å². The van der Waals surface area contributed by atoms with Crippen LogP contribution in [-0.4, -0.2) is 57.0 Å². The SMILES string of the molecule is O=S(=O)(O)C1O[C@@H](Oc2ccccc2)[C@@](O)(F)[C@@H](O)[C@@]1(O)c1cccnc1. The van der Waals surface area contributed by atoms with Crippen LogP contribution in [0.5, 0.6) is 5.75 Å². The molecular formula is C16H16FNO8S. The van der Waals surface area contributed by atoms with Gasteiger partial charge in [0.15, 0.2) is 11.7 Å². The standard InChI is InChI=1S/C16H16FNO8S/c17-16(21)12(19)15(20,10-5-4-8-18-9-10)14(27(22,23)24)26-13(16)25-11-6-2-1-3-7-11/h1-9,12-14,19-21H,(H,22,23,24)/t12-,13+,14?,15-,16+/m0/s1. The van der Waals surface area contributed by atoms with Crippen molar-refractivity contribution in [2.24, 2.45) is 0 Å². The molecule has 0 amide bonds. The fourth-order valence-corrected chi connectivity index (χ4v) is 3.76. The Kier molecular flexibility index (Phi) is 4.93. The first kappa shape index (κ1) is 19.6. The Labute approximate surface area is 153 Å². The maximum absolute atomic E-state index is 15.0. The number of pyridine rings is 1. The molecule has 146 valence electrons. The van der Waals surface area contributed by atoms with Crippen molar-refractivity contribution in [1.29, 1.82) is 0 Å². The van der Waals surface area contributed by atoms with Crippen molar-refractivity contribution < 1.29 is 42.2 Å². The molecule has 1 aromatic heterocycles. The van der Waals surface area contributed by atoms with Crippen LogP contribution in [0.15, 0.2) is 54.9 Å². The van der Waals surface area contributed by atoms with Gasteiger partial charge in [-0.25, -0.2) is 4.39 Å².